The Labute approximate surface area is 141 Å². The number of nitrogens with one attached hydrogen (secondary N) is 1. The van der Waals surface area contributed by atoms with Crippen molar-refractivity contribution >= 4 is 16.8 Å². The number of amides is 1. The first-order valence-electron chi connectivity index (χ1n) is 8.68. The molecular weight excluding hydrogens is 304 g/mol. The normalized spacial score (nSPS) is 26.7. The van der Waals surface area contributed by atoms with E-state index in [9.17, 15) is 4.79 Å². The number of methoxy groups -OCH3 is 1. The number of carbonyl (C=O) groups is 1. The Morgan fingerprint density at radius 3 is 3.25 bits per heavy atom. The molecule has 128 valence electrons. The van der Waals surface area contributed by atoms with E-state index in [0.717, 1.165) is 55.5 Å². The van der Waals surface area contributed by atoms with Gasteiger partial charge in [0.05, 0.1) is 18.8 Å². The molecule has 3 heterocycles. The Morgan fingerprint density at radius 1 is 1.46 bits per heavy atom. The van der Waals surface area contributed by atoms with Gasteiger partial charge in [-0.3, -0.25) is 4.79 Å². The van der Waals surface area contributed by atoms with Gasteiger partial charge in [-0.25, -0.2) is 0 Å². The fourth-order valence-corrected chi connectivity index (χ4v) is 4.08. The lowest BCUT2D eigenvalue weighted by Crippen LogP contribution is -2.35. The van der Waals surface area contributed by atoms with Crippen molar-refractivity contribution in [2.24, 2.45) is 5.92 Å². The molecule has 5 nitrogen and oxygen atoms in total. The molecule has 2 aromatic rings. The Hall–Kier alpha value is -1.85. The molecule has 4 rings (SSSR count). The third-order valence-corrected chi connectivity index (χ3v) is 5.42. The van der Waals surface area contributed by atoms with Crippen LogP contribution in [0.5, 0.6) is 0 Å². The fourth-order valence-electron chi connectivity index (χ4n) is 4.08. The first-order chi connectivity index (χ1) is 11.7. The van der Waals surface area contributed by atoms with Crippen LogP contribution >= 0.6 is 0 Å². The van der Waals surface area contributed by atoms with Crippen molar-refractivity contribution in [2.45, 2.75) is 24.9 Å². The number of hydrogen-bond donors (Lipinski definition) is 1. The molecule has 2 atom stereocenters. The summed E-state index contributed by atoms with van der Waals surface area (Å²) in [5.41, 5.74) is 1.68. The molecular formula is C19H24N2O3. The van der Waals surface area contributed by atoms with Crippen molar-refractivity contribution in [1.82, 2.24) is 9.88 Å². The first-order valence-corrected chi connectivity index (χ1v) is 8.68. The average molecular weight is 328 g/mol. The molecule has 24 heavy (non-hydrogen) atoms. The highest BCUT2D eigenvalue weighted by Gasteiger charge is 2.46. The van der Waals surface area contributed by atoms with Crippen LogP contribution in [-0.4, -0.2) is 54.8 Å². The summed E-state index contributed by atoms with van der Waals surface area (Å²) in [4.78, 5) is 18.0. The van der Waals surface area contributed by atoms with Gasteiger partial charge >= 0.3 is 0 Å². The SMILES string of the molecule is COCCC1COC2(CCN(C(=O)c3ccc4[nH]ccc4c3)C2)C1. The highest BCUT2D eigenvalue weighted by Crippen LogP contribution is 2.39. The van der Waals surface area contributed by atoms with Gasteiger partial charge in [-0.05, 0) is 49.4 Å². The van der Waals surface area contributed by atoms with Crippen molar-refractivity contribution in [2.75, 3.05) is 33.4 Å². The van der Waals surface area contributed by atoms with Gasteiger partial charge < -0.3 is 19.4 Å². The Kier molecular flexibility index (Phi) is 4.06. The monoisotopic (exact) mass is 328 g/mol. The number of H-pyrrole nitrogens is 1. The minimum Gasteiger partial charge on any atom is -0.385 e. The number of aromatic amines is 1. The summed E-state index contributed by atoms with van der Waals surface area (Å²) in [7, 11) is 1.74. The third-order valence-electron chi connectivity index (χ3n) is 5.42. The number of hydrogen-bond acceptors (Lipinski definition) is 3. The van der Waals surface area contributed by atoms with E-state index in [0.29, 0.717) is 12.5 Å². The van der Waals surface area contributed by atoms with Gasteiger partial charge in [0, 0.05) is 42.9 Å². The van der Waals surface area contributed by atoms with Crippen LogP contribution < -0.4 is 0 Å². The maximum absolute atomic E-state index is 12.8. The second-order valence-electron chi connectivity index (χ2n) is 7.10. The fraction of sp³-hybridized carbons (Fsp3) is 0.526. The minimum atomic E-state index is -0.133. The average Bonchev–Trinajstić information content (AvgIpc) is 3.32. The van der Waals surface area contributed by atoms with Crippen LogP contribution in [0.2, 0.25) is 0 Å². The van der Waals surface area contributed by atoms with Crippen LogP contribution in [0.25, 0.3) is 10.9 Å². The van der Waals surface area contributed by atoms with Crippen LogP contribution in [-0.2, 0) is 9.47 Å². The summed E-state index contributed by atoms with van der Waals surface area (Å²) in [6.45, 7) is 3.06. The molecule has 2 aliphatic rings. The van der Waals surface area contributed by atoms with Crippen molar-refractivity contribution in [3.63, 3.8) is 0 Å². The number of rotatable bonds is 4. The Balaban J connectivity index is 1.43. The molecule has 5 heteroatoms. The summed E-state index contributed by atoms with van der Waals surface area (Å²) < 4.78 is 11.3. The number of fused-ring (bicyclic) bond motifs is 1. The molecule has 2 fully saturated rings. The van der Waals surface area contributed by atoms with E-state index in [4.69, 9.17) is 9.47 Å². The topological polar surface area (TPSA) is 54.6 Å². The van der Waals surface area contributed by atoms with E-state index in [2.05, 4.69) is 4.98 Å². The van der Waals surface area contributed by atoms with E-state index in [-0.39, 0.29) is 11.5 Å². The highest BCUT2D eigenvalue weighted by atomic mass is 16.5. The van der Waals surface area contributed by atoms with Gasteiger partial charge in [-0.1, -0.05) is 0 Å². The van der Waals surface area contributed by atoms with Crippen molar-refractivity contribution in [1.29, 1.82) is 0 Å². The summed E-state index contributed by atoms with van der Waals surface area (Å²) in [6.07, 6.45) is 4.91. The van der Waals surface area contributed by atoms with Gasteiger partial charge in [0.15, 0.2) is 0 Å². The summed E-state index contributed by atoms with van der Waals surface area (Å²) in [6, 6.07) is 7.85. The Morgan fingerprint density at radius 2 is 2.38 bits per heavy atom. The van der Waals surface area contributed by atoms with Crippen LogP contribution in [0.3, 0.4) is 0 Å². The molecule has 1 aromatic carbocycles. The number of ether oxygens (including phenoxy) is 2. The molecule has 2 aliphatic heterocycles. The molecule has 0 bridgehead atoms. The van der Waals surface area contributed by atoms with Crippen LogP contribution in [0.1, 0.15) is 29.6 Å². The number of aromatic nitrogens is 1. The van der Waals surface area contributed by atoms with Gasteiger partial charge in [0.1, 0.15) is 0 Å². The third kappa shape index (κ3) is 2.82. The molecule has 1 amide bonds. The van der Waals surface area contributed by atoms with E-state index < -0.39 is 0 Å². The molecule has 0 radical (unpaired) electrons. The lowest BCUT2D eigenvalue weighted by atomic mass is 9.92. The van der Waals surface area contributed by atoms with Crippen molar-refractivity contribution in [3.8, 4) is 0 Å². The van der Waals surface area contributed by atoms with Gasteiger partial charge in [0.2, 0.25) is 0 Å². The van der Waals surface area contributed by atoms with E-state index in [1.54, 1.807) is 7.11 Å². The van der Waals surface area contributed by atoms with Crippen LogP contribution in [0, 0.1) is 5.92 Å². The first kappa shape index (κ1) is 15.7. The second kappa shape index (κ2) is 6.22. The van der Waals surface area contributed by atoms with Crippen molar-refractivity contribution in [3.05, 3.63) is 36.0 Å². The smallest absolute Gasteiger partial charge is 0.253 e. The summed E-state index contributed by atoms with van der Waals surface area (Å²) in [5, 5.41) is 1.08. The van der Waals surface area contributed by atoms with E-state index in [1.807, 2.05) is 35.4 Å². The molecule has 2 unspecified atom stereocenters. The maximum Gasteiger partial charge on any atom is 0.253 e. The van der Waals surface area contributed by atoms with Crippen LogP contribution in [0.4, 0.5) is 0 Å². The quantitative estimate of drug-likeness (QED) is 0.939. The van der Waals surface area contributed by atoms with E-state index >= 15 is 0 Å². The highest BCUT2D eigenvalue weighted by molar-refractivity contribution is 5.98. The summed E-state index contributed by atoms with van der Waals surface area (Å²) in [5.74, 6) is 0.662. The lowest BCUT2D eigenvalue weighted by Gasteiger charge is -2.23. The Bertz CT molecular complexity index is 741. The van der Waals surface area contributed by atoms with Gasteiger partial charge in [-0.2, -0.15) is 0 Å². The zero-order chi connectivity index (χ0) is 16.6. The number of carbonyl (C=O) groups excluding carboxylic acids is 1. The standard InChI is InChI=1S/C19H24N2O3/c1-23-9-5-14-11-19(24-12-14)6-8-21(13-19)18(22)16-2-3-17-15(10-16)4-7-20-17/h2-4,7,10,14,20H,5-6,8-9,11-13H2,1H3. The minimum absolute atomic E-state index is 0.110. The predicted octanol–water partition coefficient (Wildman–Crippen LogP) is 2.83. The molecule has 0 aliphatic carbocycles. The predicted molar refractivity (Wildman–Crippen MR) is 92.1 cm³/mol. The molecule has 0 saturated carbocycles. The van der Waals surface area contributed by atoms with E-state index in [1.165, 1.54) is 0 Å². The van der Waals surface area contributed by atoms with Gasteiger partial charge in [-0.15, -0.1) is 0 Å². The maximum atomic E-state index is 12.8. The molecule has 1 N–H and O–H groups in total. The lowest BCUT2D eigenvalue weighted by molar-refractivity contribution is 0.0113. The van der Waals surface area contributed by atoms with Gasteiger partial charge in [0.25, 0.3) is 5.91 Å². The molecule has 2 saturated heterocycles. The number of nitrogens with zero attached hydrogens (tertiary/aromatic N) is 1. The molecule has 1 spiro atoms. The second-order valence-corrected chi connectivity index (χ2v) is 7.10. The summed E-state index contributed by atoms with van der Waals surface area (Å²) >= 11 is 0. The van der Waals surface area contributed by atoms with Crippen LogP contribution in [0.15, 0.2) is 30.5 Å². The zero-order valence-corrected chi connectivity index (χ0v) is 14.1. The largest absolute Gasteiger partial charge is 0.385 e. The number of benzene rings is 1. The zero-order valence-electron chi connectivity index (χ0n) is 14.1. The number of likely N-dealkylation sites (tertiary alicyclic amines) is 1. The molecule has 1 aromatic heterocycles. The van der Waals surface area contributed by atoms with Crippen molar-refractivity contribution < 1.29 is 14.3 Å².